The molecule has 3 atom stereocenters. The third-order valence-corrected chi connectivity index (χ3v) is 2.70. The number of nitrogens with two attached hydrogens (primary N) is 1. The second-order valence-corrected chi connectivity index (χ2v) is 5.03. The molecular weight excluding hydrogens is 236 g/mol. The predicted molar refractivity (Wildman–Crippen MR) is 67.9 cm³/mol. The van der Waals surface area contributed by atoms with Crippen molar-refractivity contribution in [1.29, 1.82) is 0 Å². The first-order valence-electron chi connectivity index (χ1n) is 6.19. The molecule has 0 saturated carbocycles. The number of carbonyl (C=O) groups excluding carboxylic acids is 1. The molecule has 0 fully saturated rings. The van der Waals surface area contributed by atoms with Gasteiger partial charge in [-0.3, -0.25) is 9.59 Å². The van der Waals surface area contributed by atoms with Crippen molar-refractivity contribution in [3.8, 4) is 0 Å². The third kappa shape index (κ3) is 7.24. The highest BCUT2D eigenvalue weighted by Crippen LogP contribution is 2.10. The molecule has 0 radical (unpaired) electrons. The van der Waals surface area contributed by atoms with Crippen LogP contribution in [0.25, 0.3) is 0 Å². The smallest absolute Gasteiger partial charge is 0.305 e. The summed E-state index contributed by atoms with van der Waals surface area (Å²) in [6.07, 6.45) is 0.401. The van der Waals surface area contributed by atoms with Gasteiger partial charge in [0.05, 0.1) is 24.6 Å². The van der Waals surface area contributed by atoms with Crippen LogP contribution >= 0.6 is 0 Å². The van der Waals surface area contributed by atoms with Crippen LogP contribution in [0.15, 0.2) is 0 Å². The van der Waals surface area contributed by atoms with E-state index in [1.165, 1.54) is 0 Å². The Morgan fingerprint density at radius 3 is 2.17 bits per heavy atom. The highest BCUT2D eigenvalue weighted by atomic mass is 16.4. The van der Waals surface area contributed by atoms with Crippen molar-refractivity contribution in [3.05, 3.63) is 0 Å². The monoisotopic (exact) mass is 260 g/mol. The molecule has 0 aliphatic heterocycles. The molecule has 1 unspecified atom stereocenters. The molecule has 18 heavy (non-hydrogen) atoms. The zero-order valence-corrected chi connectivity index (χ0v) is 11.2. The molecule has 5 N–H and O–H groups in total. The van der Waals surface area contributed by atoms with Gasteiger partial charge in [-0.05, 0) is 25.7 Å². The maximum absolute atomic E-state index is 11.6. The number of rotatable bonds is 8. The summed E-state index contributed by atoms with van der Waals surface area (Å²) >= 11 is 0. The zero-order chi connectivity index (χ0) is 14.3. The fourth-order valence-electron chi connectivity index (χ4n) is 1.52. The molecule has 1 amide bonds. The lowest BCUT2D eigenvalue weighted by Gasteiger charge is -2.23. The first kappa shape index (κ1) is 16.9. The fraction of sp³-hybridized carbons (Fsp3) is 0.833. The number of aliphatic hydroxyl groups excluding tert-OH is 1. The van der Waals surface area contributed by atoms with E-state index in [4.69, 9.17) is 10.8 Å². The normalized spacial score (nSPS) is 16.1. The molecule has 0 aromatic rings. The van der Waals surface area contributed by atoms with Crippen molar-refractivity contribution in [3.63, 3.8) is 0 Å². The lowest BCUT2D eigenvalue weighted by atomic mass is 10.00. The summed E-state index contributed by atoms with van der Waals surface area (Å²) in [6.45, 7) is 5.70. The Hall–Kier alpha value is -1.14. The molecule has 0 saturated heterocycles. The summed E-state index contributed by atoms with van der Waals surface area (Å²) in [7, 11) is 0. The van der Waals surface area contributed by atoms with E-state index in [-0.39, 0.29) is 6.04 Å². The SMILES string of the molecule is CC(C)CC[C@H](NC(=O)[C@@H](N)CC(=O)O)C(C)O. The fourth-order valence-corrected chi connectivity index (χ4v) is 1.52. The maximum atomic E-state index is 11.6. The molecule has 0 aromatic carbocycles. The van der Waals surface area contributed by atoms with Crippen molar-refractivity contribution in [2.24, 2.45) is 11.7 Å². The Morgan fingerprint density at radius 1 is 1.22 bits per heavy atom. The molecule has 0 rings (SSSR count). The predicted octanol–water partition coefficient (Wildman–Crippen LogP) is 0.0902. The first-order chi connectivity index (χ1) is 8.23. The van der Waals surface area contributed by atoms with Gasteiger partial charge in [0.15, 0.2) is 0 Å². The lowest BCUT2D eigenvalue weighted by molar-refractivity contribution is -0.139. The van der Waals surface area contributed by atoms with E-state index in [9.17, 15) is 14.7 Å². The van der Waals surface area contributed by atoms with Gasteiger partial charge in [-0.15, -0.1) is 0 Å². The average molecular weight is 260 g/mol. The number of amides is 1. The van der Waals surface area contributed by atoms with E-state index in [1.54, 1.807) is 6.92 Å². The summed E-state index contributed by atoms with van der Waals surface area (Å²) in [4.78, 5) is 22.1. The number of nitrogens with one attached hydrogen (secondary N) is 1. The molecule has 0 spiro atoms. The molecule has 0 bridgehead atoms. The van der Waals surface area contributed by atoms with Crippen LogP contribution in [0.3, 0.4) is 0 Å². The second kappa shape index (κ2) is 8.05. The van der Waals surface area contributed by atoms with Gasteiger partial charge >= 0.3 is 5.97 Å². The quantitative estimate of drug-likeness (QED) is 0.494. The van der Waals surface area contributed by atoms with Crippen molar-refractivity contribution in [2.45, 2.75) is 58.2 Å². The van der Waals surface area contributed by atoms with E-state index in [1.807, 2.05) is 0 Å². The van der Waals surface area contributed by atoms with Crippen LogP contribution < -0.4 is 11.1 Å². The van der Waals surface area contributed by atoms with Gasteiger partial charge in [0.2, 0.25) is 5.91 Å². The van der Waals surface area contributed by atoms with Gasteiger partial charge in [0, 0.05) is 0 Å². The average Bonchev–Trinajstić information content (AvgIpc) is 2.21. The topological polar surface area (TPSA) is 113 Å². The zero-order valence-electron chi connectivity index (χ0n) is 11.2. The number of aliphatic hydroxyl groups is 1. The van der Waals surface area contributed by atoms with E-state index >= 15 is 0 Å². The van der Waals surface area contributed by atoms with Crippen LogP contribution in [-0.4, -0.2) is 40.3 Å². The van der Waals surface area contributed by atoms with Crippen LogP contribution in [0, 0.1) is 5.92 Å². The van der Waals surface area contributed by atoms with Crippen LogP contribution in [0.1, 0.15) is 40.0 Å². The number of aliphatic carboxylic acids is 1. The molecule has 0 aliphatic carbocycles. The molecule has 106 valence electrons. The number of carbonyl (C=O) groups is 2. The van der Waals surface area contributed by atoms with E-state index in [0.717, 1.165) is 6.42 Å². The minimum Gasteiger partial charge on any atom is -0.481 e. The minimum atomic E-state index is -1.12. The van der Waals surface area contributed by atoms with Crippen LogP contribution in [0.5, 0.6) is 0 Å². The van der Waals surface area contributed by atoms with Crippen LogP contribution in [0.2, 0.25) is 0 Å². The van der Waals surface area contributed by atoms with Gasteiger partial charge in [-0.1, -0.05) is 13.8 Å². The number of carboxylic acid groups (broad SMARTS) is 1. The van der Waals surface area contributed by atoms with E-state index in [0.29, 0.717) is 12.3 Å². The van der Waals surface area contributed by atoms with Crippen molar-refractivity contribution in [1.82, 2.24) is 5.32 Å². The Kier molecular flexibility index (Phi) is 7.54. The first-order valence-corrected chi connectivity index (χ1v) is 6.19. The molecule has 0 heterocycles. The Morgan fingerprint density at radius 2 is 1.78 bits per heavy atom. The molecule has 6 nitrogen and oxygen atoms in total. The van der Waals surface area contributed by atoms with Gasteiger partial charge < -0.3 is 21.3 Å². The lowest BCUT2D eigenvalue weighted by Crippen LogP contribution is -2.49. The minimum absolute atomic E-state index is 0.389. The molecule has 0 aliphatic rings. The summed E-state index contributed by atoms with van der Waals surface area (Å²) in [5.74, 6) is -1.18. The second-order valence-electron chi connectivity index (χ2n) is 5.03. The third-order valence-electron chi connectivity index (χ3n) is 2.70. The van der Waals surface area contributed by atoms with Crippen LogP contribution in [0.4, 0.5) is 0 Å². The van der Waals surface area contributed by atoms with Gasteiger partial charge in [0.25, 0.3) is 0 Å². The summed E-state index contributed by atoms with van der Waals surface area (Å²) in [6, 6.07) is -1.47. The van der Waals surface area contributed by atoms with Gasteiger partial charge in [-0.25, -0.2) is 0 Å². The van der Waals surface area contributed by atoms with E-state index in [2.05, 4.69) is 19.2 Å². The number of carboxylic acids is 1. The largest absolute Gasteiger partial charge is 0.481 e. The highest BCUT2D eigenvalue weighted by Gasteiger charge is 2.22. The molecule has 6 heteroatoms. The summed E-state index contributed by atoms with van der Waals surface area (Å²) in [5.41, 5.74) is 5.45. The Labute approximate surface area is 108 Å². The number of hydrogen-bond donors (Lipinski definition) is 4. The van der Waals surface area contributed by atoms with Crippen molar-refractivity contribution >= 4 is 11.9 Å². The molecule has 0 aromatic heterocycles. The molecular formula is C12H24N2O4. The van der Waals surface area contributed by atoms with Crippen LogP contribution in [-0.2, 0) is 9.59 Å². The summed E-state index contributed by atoms with van der Waals surface area (Å²) in [5, 5.41) is 20.7. The highest BCUT2D eigenvalue weighted by molar-refractivity contribution is 5.86. The Bertz CT molecular complexity index is 279. The van der Waals surface area contributed by atoms with Gasteiger partial charge in [0.1, 0.15) is 0 Å². The van der Waals surface area contributed by atoms with Crippen molar-refractivity contribution in [2.75, 3.05) is 0 Å². The summed E-state index contributed by atoms with van der Waals surface area (Å²) < 4.78 is 0. The number of hydrogen-bond acceptors (Lipinski definition) is 4. The maximum Gasteiger partial charge on any atom is 0.305 e. The van der Waals surface area contributed by atoms with Gasteiger partial charge in [-0.2, -0.15) is 0 Å². The van der Waals surface area contributed by atoms with E-state index < -0.39 is 30.4 Å². The standard InChI is InChI=1S/C12H24N2O4/c1-7(2)4-5-10(8(3)15)14-12(18)9(13)6-11(16)17/h7-10,15H,4-6,13H2,1-3H3,(H,14,18)(H,16,17)/t8?,9-,10-/m0/s1. The Balaban J connectivity index is 4.31. The van der Waals surface area contributed by atoms with Crippen molar-refractivity contribution < 1.29 is 19.8 Å².